The lowest BCUT2D eigenvalue weighted by molar-refractivity contribution is -0.129. The minimum absolute atomic E-state index is 0.0571. The lowest BCUT2D eigenvalue weighted by atomic mass is 10.2. The number of nitrogens with zero attached hydrogens (tertiary/aromatic N) is 2. The lowest BCUT2D eigenvalue weighted by Gasteiger charge is -2.36. The van der Waals surface area contributed by atoms with Crippen LogP contribution < -0.4 is 25.0 Å². The van der Waals surface area contributed by atoms with E-state index in [1.807, 2.05) is 60.4 Å². The number of carbonyl (C=O) groups excluding carboxylic acids is 2. The predicted octanol–water partition coefficient (Wildman–Crippen LogP) is 4.11. The Balaban J connectivity index is 1.22. The first-order valence-corrected chi connectivity index (χ1v) is 12.1. The Hall–Kier alpha value is -4.20. The predicted molar refractivity (Wildman–Crippen MR) is 142 cm³/mol. The summed E-state index contributed by atoms with van der Waals surface area (Å²) in [5.74, 6) is 1.46. The Morgan fingerprint density at radius 2 is 1.42 bits per heavy atom. The van der Waals surface area contributed by atoms with Crippen molar-refractivity contribution in [2.75, 3.05) is 62.0 Å². The second-order valence-corrected chi connectivity index (χ2v) is 8.41. The maximum absolute atomic E-state index is 12.7. The third-order valence-corrected chi connectivity index (χ3v) is 6.08. The zero-order chi connectivity index (χ0) is 25.3. The first kappa shape index (κ1) is 24.9. The first-order valence-electron chi connectivity index (χ1n) is 12.1. The number of rotatable bonds is 9. The molecule has 3 aromatic carbocycles. The molecule has 0 saturated carbocycles. The average Bonchev–Trinajstić information content (AvgIpc) is 2.93. The molecule has 1 saturated heterocycles. The van der Waals surface area contributed by atoms with Gasteiger partial charge in [-0.15, -0.1) is 0 Å². The van der Waals surface area contributed by atoms with Gasteiger partial charge in [0, 0.05) is 48.8 Å². The summed E-state index contributed by atoms with van der Waals surface area (Å²) in [6.07, 6.45) is 0. The van der Waals surface area contributed by atoms with Gasteiger partial charge in [0.15, 0.2) is 0 Å². The van der Waals surface area contributed by atoms with Crippen molar-refractivity contribution < 1.29 is 19.1 Å². The van der Waals surface area contributed by atoms with Crippen molar-refractivity contribution in [3.63, 3.8) is 0 Å². The van der Waals surface area contributed by atoms with Gasteiger partial charge in [-0.1, -0.05) is 0 Å². The van der Waals surface area contributed by atoms with E-state index in [1.54, 1.807) is 31.4 Å². The number of hydrogen-bond acceptors (Lipinski definition) is 6. The third kappa shape index (κ3) is 6.47. The van der Waals surface area contributed by atoms with Crippen LogP contribution in [0.1, 0.15) is 17.3 Å². The molecular weight excluding hydrogens is 456 g/mol. The molecule has 4 rings (SSSR count). The molecular formula is C28H32N4O4. The van der Waals surface area contributed by atoms with E-state index in [1.165, 1.54) is 0 Å². The highest BCUT2D eigenvalue weighted by Gasteiger charge is 2.21. The minimum Gasteiger partial charge on any atom is -0.497 e. The molecule has 1 aliphatic rings. The normalized spacial score (nSPS) is 13.2. The zero-order valence-electron chi connectivity index (χ0n) is 20.7. The molecule has 0 bridgehead atoms. The fourth-order valence-electron chi connectivity index (χ4n) is 4.04. The summed E-state index contributed by atoms with van der Waals surface area (Å²) in [6.45, 7) is 5.66. The number of nitrogens with one attached hydrogen (secondary N) is 2. The standard InChI is InChI=1S/C28H32N4O4/c1-3-36-26-12-8-23(9-13-26)30-28(34)21-4-6-22(7-5-21)29-20-27(33)32-18-16-31(17-19-32)24-10-14-25(35-2)15-11-24/h4-15,29H,3,16-20H2,1-2H3,(H,30,34). The summed E-state index contributed by atoms with van der Waals surface area (Å²) >= 11 is 0. The van der Waals surface area contributed by atoms with E-state index in [9.17, 15) is 9.59 Å². The Labute approximate surface area is 211 Å². The topological polar surface area (TPSA) is 83.1 Å². The van der Waals surface area contributed by atoms with E-state index < -0.39 is 0 Å². The van der Waals surface area contributed by atoms with Crippen molar-refractivity contribution in [2.45, 2.75) is 6.92 Å². The summed E-state index contributed by atoms with van der Waals surface area (Å²) in [7, 11) is 1.66. The van der Waals surface area contributed by atoms with Crippen LogP contribution in [0, 0.1) is 0 Å². The monoisotopic (exact) mass is 488 g/mol. The minimum atomic E-state index is -0.198. The quantitative estimate of drug-likeness (QED) is 0.472. The number of hydrogen-bond donors (Lipinski definition) is 2. The molecule has 3 aromatic rings. The highest BCUT2D eigenvalue weighted by molar-refractivity contribution is 6.04. The van der Waals surface area contributed by atoms with Crippen molar-refractivity contribution in [3.05, 3.63) is 78.4 Å². The zero-order valence-corrected chi connectivity index (χ0v) is 20.7. The summed E-state index contributed by atoms with van der Waals surface area (Å²) in [4.78, 5) is 29.4. The van der Waals surface area contributed by atoms with Gasteiger partial charge in [0.05, 0.1) is 20.3 Å². The van der Waals surface area contributed by atoms with E-state index in [0.29, 0.717) is 30.9 Å². The van der Waals surface area contributed by atoms with Crippen LogP contribution in [0.5, 0.6) is 11.5 Å². The Morgan fingerprint density at radius 1 is 0.806 bits per heavy atom. The maximum atomic E-state index is 12.7. The molecule has 0 radical (unpaired) electrons. The van der Waals surface area contributed by atoms with Crippen LogP contribution >= 0.6 is 0 Å². The fourth-order valence-corrected chi connectivity index (χ4v) is 4.04. The van der Waals surface area contributed by atoms with E-state index in [-0.39, 0.29) is 18.4 Å². The Kier molecular flexibility index (Phi) is 8.28. The van der Waals surface area contributed by atoms with Crippen molar-refractivity contribution in [1.29, 1.82) is 0 Å². The molecule has 0 aliphatic carbocycles. The number of anilines is 3. The maximum Gasteiger partial charge on any atom is 0.255 e. The van der Waals surface area contributed by atoms with Gasteiger partial charge < -0.3 is 29.9 Å². The highest BCUT2D eigenvalue weighted by Crippen LogP contribution is 2.21. The summed E-state index contributed by atoms with van der Waals surface area (Å²) < 4.78 is 10.6. The molecule has 1 aliphatic heterocycles. The largest absolute Gasteiger partial charge is 0.497 e. The molecule has 0 spiro atoms. The van der Waals surface area contributed by atoms with E-state index in [0.717, 1.165) is 36.0 Å². The highest BCUT2D eigenvalue weighted by atomic mass is 16.5. The van der Waals surface area contributed by atoms with Gasteiger partial charge in [0.1, 0.15) is 11.5 Å². The van der Waals surface area contributed by atoms with Crippen molar-refractivity contribution in [2.24, 2.45) is 0 Å². The molecule has 0 unspecified atom stereocenters. The molecule has 8 heteroatoms. The van der Waals surface area contributed by atoms with Crippen LogP contribution in [0.4, 0.5) is 17.1 Å². The van der Waals surface area contributed by atoms with Gasteiger partial charge in [-0.2, -0.15) is 0 Å². The Morgan fingerprint density at radius 3 is 2.03 bits per heavy atom. The smallest absolute Gasteiger partial charge is 0.255 e. The van der Waals surface area contributed by atoms with Crippen LogP contribution in [0.2, 0.25) is 0 Å². The van der Waals surface area contributed by atoms with Crippen LogP contribution in [0.25, 0.3) is 0 Å². The van der Waals surface area contributed by atoms with Crippen molar-refractivity contribution in [3.8, 4) is 11.5 Å². The summed E-state index contributed by atoms with van der Waals surface area (Å²) in [5.41, 5.74) is 3.16. The number of amides is 2. The molecule has 0 atom stereocenters. The Bertz CT molecular complexity index is 1140. The van der Waals surface area contributed by atoms with E-state index in [2.05, 4.69) is 15.5 Å². The molecule has 1 heterocycles. The molecule has 188 valence electrons. The molecule has 1 fully saturated rings. The van der Waals surface area contributed by atoms with E-state index in [4.69, 9.17) is 9.47 Å². The number of ether oxygens (including phenoxy) is 2. The third-order valence-electron chi connectivity index (χ3n) is 6.08. The number of piperazine rings is 1. The summed E-state index contributed by atoms with van der Waals surface area (Å²) in [5, 5.41) is 6.04. The number of carbonyl (C=O) groups is 2. The molecule has 0 aromatic heterocycles. The molecule has 2 N–H and O–H groups in total. The van der Waals surface area contributed by atoms with Crippen LogP contribution in [0.3, 0.4) is 0 Å². The van der Waals surface area contributed by atoms with Crippen molar-refractivity contribution in [1.82, 2.24) is 4.90 Å². The second kappa shape index (κ2) is 12.0. The first-order chi connectivity index (χ1) is 17.6. The number of benzene rings is 3. The van der Waals surface area contributed by atoms with Crippen LogP contribution in [-0.4, -0.2) is 63.2 Å². The van der Waals surface area contributed by atoms with Gasteiger partial charge in [0.25, 0.3) is 5.91 Å². The average molecular weight is 489 g/mol. The number of methoxy groups -OCH3 is 1. The van der Waals surface area contributed by atoms with E-state index >= 15 is 0 Å². The van der Waals surface area contributed by atoms with Gasteiger partial charge in [0.2, 0.25) is 5.91 Å². The molecule has 36 heavy (non-hydrogen) atoms. The fraction of sp³-hybridized carbons (Fsp3) is 0.286. The SMILES string of the molecule is CCOc1ccc(NC(=O)c2ccc(NCC(=O)N3CCN(c4ccc(OC)cc4)CC3)cc2)cc1. The summed E-state index contributed by atoms with van der Waals surface area (Å²) in [6, 6.07) is 22.3. The van der Waals surface area contributed by atoms with Gasteiger partial charge in [-0.25, -0.2) is 0 Å². The molecule has 2 amide bonds. The van der Waals surface area contributed by atoms with Gasteiger partial charge in [-0.05, 0) is 79.7 Å². The van der Waals surface area contributed by atoms with Gasteiger partial charge >= 0.3 is 0 Å². The molecule has 8 nitrogen and oxygen atoms in total. The van der Waals surface area contributed by atoms with Crippen molar-refractivity contribution >= 4 is 28.9 Å². The van der Waals surface area contributed by atoms with Crippen LogP contribution in [-0.2, 0) is 4.79 Å². The lowest BCUT2D eigenvalue weighted by Crippen LogP contribution is -2.50. The second-order valence-electron chi connectivity index (χ2n) is 8.41. The van der Waals surface area contributed by atoms with Crippen LogP contribution in [0.15, 0.2) is 72.8 Å². The van der Waals surface area contributed by atoms with Gasteiger partial charge in [-0.3, -0.25) is 9.59 Å².